The molecule has 1 aliphatic rings. The quantitative estimate of drug-likeness (QED) is 0.634. The highest BCUT2D eigenvalue weighted by Crippen LogP contribution is 2.19. The summed E-state index contributed by atoms with van der Waals surface area (Å²) in [4.78, 5) is 1.78. The molecule has 1 fully saturated rings. The van der Waals surface area contributed by atoms with Gasteiger partial charge in [-0.2, -0.15) is 0 Å². The maximum atomic E-state index is 12.1. The van der Waals surface area contributed by atoms with Crippen LogP contribution in [0, 0.1) is 0 Å². The van der Waals surface area contributed by atoms with Crippen molar-refractivity contribution in [2.24, 2.45) is 0 Å². The maximum absolute atomic E-state index is 12.1. The summed E-state index contributed by atoms with van der Waals surface area (Å²) in [6, 6.07) is 0. The zero-order chi connectivity index (χ0) is 9.19. The molecule has 1 heterocycles. The highest BCUT2D eigenvalue weighted by atomic mass is 19.3. The molecule has 0 aromatic carbocycles. The van der Waals surface area contributed by atoms with Crippen molar-refractivity contribution in [3.05, 3.63) is 0 Å². The predicted octanol–water partition coefficient (Wildman–Crippen LogP) is 1.36. The molecule has 0 atom stereocenters. The lowest BCUT2D eigenvalue weighted by Crippen LogP contribution is -2.54. The topological polar surface area (TPSA) is 12.5 Å². The number of hydrogen-bond acceptors (Lipinski definition) is 2. The minimum atomic E-state index is -2.25. The number of ether oxygens (including phenoxy) is 1. The standard InChI is InChI=1S/C8H15F2NO/c1-8(2)6-12-4-3-11(8)5-7(9)10/h7H,3-6H2,1-2H3. The number of halogens is 2. The smallest absolute Gasteiger partial charge is 0.251 e. The van der Waals surface area contributed by atoms with E-state index in [-0.39, 0.29) is 12.1 Å². The predicted molar refractivity (Wildman–Crippen MR) is 42.5 cm³/mol. The molecule has 0 saturated carbocycles. The fourth-order valence-corrected chi connectivity index (χ4v) is 1.40. The van der Waals surface area contributed by atoms with Crippen LogP contribution in [0.25, 0.3) is 0 Å². The second kappa shape index (κ2) is 3.66. The highest BCUT2D eigenvalue weighted by molar-refractivity contribution is 4.84. The molecule has 1 rings (SSSR count). The summed E-state index contributed by atoms with van der Waals surface area (Å²) < 4.78 is 29.4. The first-order valence-electron chi connectivity index (χ1n) is 4.13. The molecule has 1 saturated heterocycles. The summed E-state index contributed by atoms with van der Waals surface area (Å²) in [6.45, 7) is 5.42. The lowest BCUT2D eigenvalue weighted by Gasteiger charge is -2.41. The first-order chi connectivity index (χ1) is 5.52. The summed E-state index contributed by atoms with van der Waals surface area (Å²) in [6.07, 6.45) is -2.25. The van der Waals surface area contributed by atoms with E-state index in [1.54, 1.807) is 4.90 Å². The van der Waals surface area contributed by atoms with E-state index in [0.29, 0.717) is 19.8 Å². The van der Waals surface area contributed by atoms with Crippen LogP contribution in [0.3, 0.4) is 0 Å². The Morgan fingerprint density at radius 2 is 2.17 bits per heavy atom. The number of rotatable bonds is 2. The first kappa shape index (κ1) is 9.86. The van der Waals surface area contributed by atoms with Crippen LogP contribution < -0.4 is 0 Å². The lowest BCUT2D eigenvalue weighted by molar-refractivity contribution is -0.0711. The Kier molecular flexibility index (Phi) is 3.01. The van der Waals surface area contributed by atoms with Crippen LogP contribution in [0.4, 0.5) is 8.78 Å². The summed E-state index contributed by atoms with van der Waals surface area (Å²) in [5, 5.41) is 0. The van der Waals surface area contributed by atoms with Crippen LogP contribution in [0.2, 0.25) is 0 Å². The Morgan fingerprint density at radius 3 is 2.67 bits per heavy atom. The number of morpholine rings is 1. The van der Waals surface area contributed by atoms with Gasteiger partial charge in [-0.15, -0.1) is 0 Å². The summed E-state index contributed by atoms with van der Waals surface area (Å²) in [5.41, 5.74) is -0.241. The third-order valence-electron chi connectivity index (χ3n) is 2.18. The van der Waals surface area contributed by atoms with Crippen LogP contribution in [0.1, 0.15) is 13.8 Å². The van der Waals surface area contributed by atoms with E-state index in [1.807, 2.05) is 13.8 Å². The van der Waals surface area contributed by atoms with Gasteiger partial charge in [-0.1, -0.05) is 0 Å². The summed E-state index contributed by atoms with van der Waals surface area (Å²) >= 11 is 0. The molecule has 72 valence electrons. The molecule has 0 unspecified atom stereocenters. The van der Waals surface area contributed by atoms with Crippen molar-refractivity contribution in [1.29, 1.82) is 0 Å². The van der Waals surface area contributed by atoms with Crippen LogP contribution >= 0.6 is 0 Å². The van der Waals surface area contributed by atoms with Gasteiger partial charge in [0.25, 0.3) is 6.43 Å². The molecule has 0 spiro atoms. The highest BCUT2D eigenvalue weighted by Gasteiger charge is 2.31. The average Bonchev–Trinajstić information content (AvgIpc) is 1.92. The SMILES string of the molecule is CC1(C)COCCN1CC(F)F. The third-order valence-corrected chi connectivity index (χ3v) is 2.18. The molecule has 0 N–H and O–H groups in total. The van der Waals surface area contributed by atoms with Crippen LogP contribution in [0.15, 0.2) is 0 Å². The van der Waals surface area contributed by atoms with Crippen molar-refractivity contribution in [1.82, 2.24) is 4.90 Å². The molecule has 0 aromatic rings. The molecule has 1 aliphatic heterocycles. The Balaban J connectivity index is 2.48. The van der Waals surface area contributed by atoms with E-state index in [9.17, 15) is 8.78 Å². The summed E-state index contributed by atoms with van der Waals surface area (Å²) in [5.74, 6) is 0. The molecular formula is C8H15F2NO. The molecule has 0 amide bonds. The van der Waals surface area contributed by atoms with E-state index < -0.39 is 6.43 Å². The van der Waals surface area contributed by atoms with E-state index in [0.717, 1.165) is 0 Å². The molecule has 0 bridgehead atoms. The van der Waals surface area contributed by atoms with Gasteiger partial charge in [0.05, 0.1) is 19.8 Å². The Morgan fingerprint density at radius 1 is 1.50 bits per heavy atom. The zero-order valence-corrected chi connectivity index (χ0v) is 7.52. The van der Waals surface area contributed by atoms with E-state index in [4.69, 9.17) is 4.74 Å². The molecular weight excluding hydrogens is 164 g/mol. The van der Waals surface area contributed by atoms with Gasteiger partial charge in [-0.25, -0.2) is 8.78 Å². The zero-order valence-electron chi connectivity index (χ0n) is 7.52. The van der Waals surface area contributed by atoms with Gasteiger partial charge >= 0.3 is 0 Å². The Hall–Kier alpha value is -0.220. The number of alkyl halides is 2. The van der Waals surface area contributed by atoms with E-state index in [2.05, 4.69) is 0 Å². The van der Waals surface area contributed by atoms with Crippen LogP contribution in [0.5, 0.6) is 0 Å². The van der Waals surface area contributed by atoms with Crippen molar-refractivity contribution < 1.29 is 13.5 Å². The normalized spacial score (nSPS) is 24.8. The van der Waals surface area contributed by atoms with Crippen molar-refractivity contribution in [2.75, 3.05) is 26.3 Å². The van der Waals surface area contributed by atoms with Crippen molar-refractivity contribution >= 4 is 0 Å². The largest absolute Gasteiger partial charge is 0.378 e. The average molecular weight is 179 g/mol. The van der Waals surface area contributed by atoms with E-state index in [1.165, 1.54) is 0 Å². The van der Waals surface area contributed by atoms with Crippen LogP contribution in [-0.4, -0.2) is 43.2 Å². The Labute approximate surface area is 71.5 Å². The minimum Gasteiger partial charge on any atom is -0.378 e. The molecule has 0 aliphatic carbocycles. The monoisotopic (exact) mass is 179 g/mol. The molecule has 0 radical (unpaired) electrons. The lowest BCUT2D eigenvalue weighted by atomic mass is 10.0. The van der Waals surface area contributed by atoms with Crippen LogP contribution in [-0.2, 0) is 4.74 Å². The summed E-state index contributed by atoms with van der Waals surface area (Å²) in [7, 11) is 0. The van der Waals surface area contributed by atoms with E-state index >= 15 is 0 Å². The second-order valence-corrected chi connectivity index (χ2v) is 3.70. The first-order valence-corrected chi connectivity index (χ1v) is 4.13. The molecule has 0 aromatic heterocycles. The maximum Gasteiger partial charge on any atom is 0.251 e. The van der Waals surface area contributed by atoms with Crippen molar-refractivity contribution in [2.45, 2.75) is 25.8 Å². The van der Waals surface area contributed by atoms with Gasteiger partial charge in [0.1, 0.15) is 0 Å². The molecule has 12 heavy (non-hydrogen) atoms. The van der Waals surface area contributed by atoms with Crippen molar-refractivity contribution in [3.8, 4) is 0 Å². The van der Waals surface area contributed by atoms with Gasteiger partial charge in [-0.3, -0.25) is 4.90 Å². The van der Waals surface area contributed by atoms with Gasteiger partial charge in [-0.05, 0) is 13.8 Å². The molecule has 2 nitrogen and oxygen atoms in total. The fourth-order valence-electron chi connectivity index (χ4n) is 1.40. The fraction of sp³-hybridized carbons (Fsp3) is 1.00. The number of nitrogens with zero attached hydrogens (tertiary/aromatic N) is 1. The minimum absolute atomic E-state index is 0.143. The third kappa shape index (κ3) is 2.38. The van der Waals surface area contributed by atoms with Gasteiger partial charge in [0, 0.05) is 12.1 Å². The van der Waals surface area contributed by atoms with Gasteiger partial charge < -0.3 is 4.74 Å². The van der Waals surface area contributed by atoms with Gasteiger partial charge in [0.2, 0.25) is 0 Å². The Bertz CT molecular complexity index is 150. The van der Waals surface area contributed by atoms with Gasteiger partial charge in [0.15, 0.2) is 0 Å². The molecule has 4 heteroatoms. The number of hydrogen-bond donors (Lipinski definition) is 0. The van der Waals surface area contributed by atoms with Crippen molar-refractivity contribution in [3.63, 3.8) is 0 Å². The second-order valence-electron chi connectivity index (χ2n) is 3.70.